The number of hydrogen-bond acceptors (Lipinski definition) is 3. The quantitative estimate of drug-likeness (QED) is 0.468. The van der Waals surface area contributed by atoms with Gasteiger partial charge in [0, 0.05) is 17.8 Å². The van der Waals surface area contributed by atoms with Gasteiger partial charge in [0.1, 0.15) is 0 Å². The van der Waals surface area contributed by atoms with Crippen molar-refractivity contribution in [3.8, 4) is 0 Å². The molecule has 0 heterocycles. The Hall–Kier alpha value is -2.33. The number of hydrogen-bond donors (Lipinski definition) is 2. The molecule has 0 bridgehead atoms. The Labute approximate surface area is 113 Å². The molecule has 0 aliphatic heterocycles. The maximum atomic E-state index is 11.2. The van der Waals surface area contributed by atoms with Gasteiger partial charge in [0.15, 0.2) is 0 Å². The summed E-state index contributed by atoms with van der Waals surface area (Å²) in [5.74, 6) is -0.519. The van der Waals surface area contributed by atoms with Crippen molar-refractivity contribution < 1.29 is 10.0 Å². The summed E-state index contributed by atoms with van der Waals surface area (Å²) >= 11 is 0. The van der Waals surface area contributed by atoms with Crippen LogP contribution in [0.15, 0.2) is 61.5 Å². The lowest BCUT2D eigenvalue weighted by molar-refractivity contribution is 0.0706. The zero-order valence-corrected chi connectivity index (χ0v) is 11.0. The second kappa shape index (κ2) is 7.18. The molecule has 1 aromatic rings. The Morgan fingerprint density at radius 1 is 1.37 bits per heavy atom. The molecule has 0 saturated heterocycles. The Bertz CT molecular complexity index is 489. The Balaban J connectivity index is 2.81. The summed E-state index contributed by atoms with van der Waals surface area (Å²) in [4.78, 5) is 13.2. The first kappa shape index (κ1) is 14.7. The molecular weight excluding hydrogens is 240 g/mol. The van der Waals surface area contributed by atoms with Gasteiger partial charge in [-0.05, 0) is 36.9 Å². The predicted octanol–water partition coefficient (Wildman–Crippen LogP) is 2.84. The van der Waals surface area contributed by atoms with Crippen LogP contribution >= 0.6 is 0 Å². The normalized spacial score (nSPS) is 10.7. The summed E-state index contributed by atoms with van der Waals surface area (Å²) < 4.78 is 0. The molecule has 1 aromatic carbocycles. The number of hydroxylamine groups is 1. The molecule has 0 unspecified atom stereocenters. The van der Waals surface area contributed by atoms with Gasteiger partial charge in [0.05, 0.1) is 0 Å². The highest BCUT2D eigenvalue weighted by molar-refractivity contribution is 5.93. The number of benzene rings is 1. The maximum absolute atomic E-state index is 11.2. The van der Waals surface area contributed by atoms with Gasteiger partial charge in [-0.1, -0.05) is 31.4 Å². The van der Waals surface area contributed by atoms with E-state index in [-0.39, 0.29) is 0 Å². The lowest BCUT2D eigenvalue weighted by Gasteiger charge is -2.20. The van der Waals surface area contributed by atoms with Crippen molar-refractivity contribution in [2.24, 2.45) is 0 Å². The van der Waals surface area contributed by atoms with E-state index in [9.17, 15) is 4.79 Å². The molecule has 0 aliphatic carbocycles. The van der Waals surface area contributed by atoms with Crippen molar-refractivity contribution in [3.05, 3.63) is 72.6 Å². The van der Waals surface area contributed by atoms with Crippen molar-refractivity contribution in [3.63, 3.8) is 0 Å². The largest absolute Gasteiger partial charge is 0.348 e. The summed E-state index contributed by atoms with van der Waals surface area (Å²) in [6, 6.07) is 6.99. The minimum absolute atomic E-state index is 0.412. The molecule has 1 rings (SSSR count). The molecule has 0 radical (unpaired) electrons. The first-order chi connectivity index (χ1) is 9.12. The van der Waals surface area contributed by atoms with E-state index >= 15 is 0 Å². The highest BCUT2D eigenvalue weighted by Crippen LogP contribution is 2.12. The van der Waals surface area contributed by atoms with Crippen LogP contribution in [-0.2, 0) is 6.54 Å². The smallest absolute Gasteiger partial charge is 0.274 e. The number of amides is 1. The first-order valence-corrected chi connectivity index (χ1v) is 5.84. The van der Waals surface area contributed by atoms with Crippen LogP contribution in [-0.4, -0.2) is 16.0 Å². The predicted molar refractivity (Wildman–Crippen MR) is 75.4 cm³/mol. The van der Waals surface area contributed by atoms with Gasteiger partial charge in [-0.25, -0.2) is 5.48 Å². The molecule has 0 spiro atoms. The van der Waals surface area contributed by atoms with Crippen LogP contribution in [0.3, 0.4) is 0 Å². The van der Waals surface area contributed by atoms with Crippen molar-refractivity contribution in [2.75, 3.05) is 0 Å². The lowest BCUT2D eigenvalue weighted by atomic mass is 10.1. The van der Waals surface area contributed by atoms with Gasteiger partial charge in [-0.2, -0.15) is 0 Å². The standard InChI is InChI=1S/C15H18N2O2/c1-4-6-12(3)17(5-2)11-13-7-9-14(10-8-13)15(18)16-19/h4-10,19H,1-2,11H2,3H3,(H,16,18). The fourth-order valence-corrected chi connectivity index (χ4v) is 1.62. The third-order valence-corrected chi connectivity index (χ3v) is 2.70. The molecule has 1 amide bonds. The molecule has 0 aliphatic rings. The third kappa shape index (κ3) is 4.12. The summed E-state index contributed by atoms with van der Waals surface area (Å²) in [6.45, 7) is 10.1. The second-order valence-electron chi connectivity index (χ2n) is 3.99. The Morgan fingerprint density at radius 3 is 2.47 bits per heavy atom. The van der Waals surface area contributed by atoms with Gasteiger partial charge in [-0.3, -0.25) is 10.0 Å². The SMILES string of the molecule is C=CC=C(C)N(C=C)Cc1ccc(C(=O)NO)cc1. The summed E-state index contributed by atoms with van der Waals surface area (Å²) in [5.41, 5.74) is 4.08. The van der Waals surface area contributed by atoms with E-state index in [1.807, 2.05) is 30.0 Å². The average Bonchev–Trinajstić information content (AvgIpc) is 2.44. The molecule has 0 saturated carbocycles. The van der Waals surface area contributed by atoms with Crippen LogP contribution in [0.5, 0.6) is 0 Å². The van der Waals surface area contributed by atoms with Gasteiger partial charge >= 0.3 is 0 Å². The second-order valence-corrected chi connectivity index (χ2v) is 3.99. The third-order valence-electron chi connectivity index (χ3n) is 2.70. The Morgan fingerprint density at radius 2 is 2.00 bits per heavy atom. The van der Waals surface area contributed by atoms with E-state index in [2.05, 4.69) is 13.2 Å². The van der Waals surface area contributed by atoms with Gasteiger partial charge in [-0.15, -0.1) is 0 Å². The molecule has 4 heteroatoms. The number of allylic oxidation sites excluding steroid dienone is 3. The molecule has 0 fully saturated rings. The first-order valence-electron chi connectivity index (χ1n) is 5.84. The lowest BCUT2D eigenvalue weighted by Crippen LogP contribution is -2.18. The minimum Gasteiger partial charge on any atom is -0.348 e. The highest BCUT2D eigenvalue weighted by atomic mass is 16.5. The van der Waals surface area contributed by atoms with Crippen molar-refractivity contribution >= 4 is 5.91 Å². The van der Waals surface area contributed by atoms with Gasteiger partial charge < -0.3 is 4.90 Å². The number of carbonyl (C=O) groups excluding carboxylic acids is 1. The van der Waals surface area contributed by atoms with Crippen LogP contribution in [0.2, 0.25) is 0 Å². The molecule has 100 valence electrons. The molecule has 0 atom stereocenters. The molecule has 0 aromatic heterocycles. The minimum atomic E-state index is -0.519. The van der Waals surface area contributed by atoms with Crippen LogP contribution in [0, 0.1) is 0 Å². The van der Waals surface area contributed by atoms with E-state index in [0.717, 1.165) is 11.3 Å². The zero-order valence-electron chi connectivity index (χ0n) is 11.0. The summed E-state index contributed by atoms with van der Waals surface area (Å²) in [5, 5.41) is 8.53. The van der Waals surface area contributed by atoms with E-state index in [0.29, 0.717) is 12.1 Å². The fraction of sp³-hybridized carbons (Fsp3) is 0.133. The fourth-order valence-electron chi connectivity index (χ4n) is 1.62. The van der Waals surface area contributed by atoms with Crippen LogP contribution in [0.25, 0.3) is 0 Å². The Kier molecular flexibility index (Phi) is 5.57. The number of carbonyl (C=O) groups is 1. The van der Waals surface area contributed by atoms with E-state index in [4.69, 9.17) is 5.21 Å². The number of nitrogens with zero attached hydrogens (tertiary/aromatic N) is 1. The topological polar surface area (TPSA) is 52.6 Å². The molecule has 4 nitrogen and oxygen atoms in total. The molecule has 19 heavy (non-hydrogen) atoms. The van der Waals surface area contributed by atoms with Crippen molar-refractivity contribution in [2.45, 2.75) is 13.5 Å². The highest BCUT2D eigenvalue weighted by Gasteiger charge is 2.05. The van der Waals surface area contributed by atoms with Gasteiger partial charge in [0.2, 0.25) is 0 Å². The maximum Gasteiger partial charge on any atom is 0.274 e. The van der Waals surface area contributed by atoms with Gasteiger partial charge in [0.25, 0.3) is 5.91 Å². The summed E-state index contributed by atoms with van der Waals surface area (Å²) in [7, 11) is 0. The number of nitrogens with one attached hydrogen (secondary N) is 1. The monoisotopic (exact) mass is 258 g/mol. The van der Waals surface area contributed by atoms with Crippen molar-refractivity contribution in [1.29, 1.82) is 0 Å². The van der Waals surface area contributed by atoms with Crippen LogP contribution in [0.4, 0.5) is 0 Å². The molecular formula is C15H18N2O2. The van der Waals surface area contributed by atoms with E-state index in [1.54, 1.807) is 29.9 Å². The molecule has 2 N–H and O–H groups in total. The van der Waals surface area contributed by atoms with Crippen LogP contribution < -0.4 is 5.48 Å². The van der Waals surface area contributed by atoms with E-state index in [1.165, 1.54) is 0 Å². The average molecular weight is 258 g/mol. The zero-order chi connectivity index (χ0) is 14.3. The number of rotatable bonds is 6. The van der Waals surface area contributed by atoms with Crippen molar-refractivity contribution in [1.82, 2.24) is 10.4 Å². The van der Waals surface area contributed by atoms with Crippen LogP contribution in [0.1, 0.15) is 22.8 Å². The van der Waals surface area contributed by atoms with E-state index < -0.39 is 5.91 Å². The summed E-state index contributed by atoms with van der Waals surface area (Å²) in [6.07, 6.45) is 5.36.